The van der Waals surface area contributed by atoms with Gasteiger partial charge in [0.15, 0.2) is 11.5 Å². The molecule has 4 aliphatic heterocycles. The Hall–Kier alpha value is -3.22. The van der Waals surface area contributed by atoms with E-state index in [2.05, 4.69) is 69.1 Å². The van der Waals surface area contributed by atoms with E-state index in [-0.39, 0.29) is 5.91 Å². The fourth-order valence-electron chi connectivity index (χ4n) is 6.92. The van der Waals surface area contributed by atoms with Crippen LogP contribution in [0.1, 0.15) is 39.0 Å². The number of nitrogens with zero attached hydrogens (tertiary/aromatic N) is 2. The molecule has 38 heavy (non-hydrogen) atoms. The van der Waals surface area contributed by atoms with Crippen LogP contribution >= 0.6 is 11.8 Å². The molecule has 6 heteroatoms. The molecule has 7 rings (SSSR count). The third-order valence-electron chi connectivity index (χ3n) is 8.52. The summed E-state index contributed by atoms with van der Waals surface area (Å²) in [4.78, 5) is 17.2. The Morgan fingerprint density at radius 1 is 0.947 bits per heavy atom. The number of nitrogens with one attached hydrogen (secondary N) is 1. The van der Waals surface area contributed by atoms with Crippen LogP contribution in [-0.2, 0) is 4.79 Å². The molecule has 3 aromatic carbocycles. The second-order valence-corrected chi connectivity index (χ2v) is 12.1. The van der Waals surface area contributed by atoms with Crippen LogP contribution in [-0.4, -0.2) is 40.7 Å². The summed E-state index contributed by atoms with van der Waals surface area (Å²) in [7, 11) is 0. The highest BCUT2D eigenvalue weighted by Crippen LogP contribution is 2.52. The zero-order valence-corrected chi connectivity index (χ0v) is 22.5. The lowest BCUT2D eigenvalue weighted by Gasteiger charge is -2.46. The van der Waals surface area contributed by atoms with Crippen molar-refractivity contribution >= 4 is 34.7 Å². The summed E-state index contributed by atoms with van der Waals surface area (Å²) >= 11 is 2.01. The highest BCUT2D eigenvalue weighted by Gasteiger charge is 2.44. The molecule has 194 valence electrons. The lowest BCUT2D eigenvalue weighted by molar-refractivity contribution is -0.114. The average Bonchev–Trinajstić information content (AvgIpc) is 3.51. The number of para-hydroxylation sites is 3. The Balaban J connectivity index is 1.21. The number of ether oxygens (including phenoxy) is 1. The maximum Gasteiger partial charge on any atom is 0.221 e. The molecule has 0 radical (unpaired) electrons. The van der Waals surface area contributed by atoms with Crippen LogP contribution in [0.4, 0.5) is 17.1 Å². The fourth-order valence-corrected chi connectivity index (χ4v) is 7.84. The van der Waals surface area contributed by atoms with Crippen LogP contribution in [0.3, 0.4) is 0 Å². The number of hydrogen-bond acceptors (Lipinski definition) is 5. The molecule has 0 aliphatic carbocycles. The smallest absolute Gasteiger partial charge is 0.221 e. The second-order valence-electron chi connectivity index (χ2n) is 10.9. The van der Waals surface area contributed by atoms with Crippen molar-refractivity contribution in [3.8, 4) is 22.6 Å². The van der Waals surface area contributed by atoms with Crippen molar-refractivity contribution in [3.63, 3.8) is 0 Å². The number of carbonyl (C=O) groups excluding carboxylic acids is 1. The quantitative estimate of drug-likeness (QED) is 0.374. The van der Waals surface area contributed by atoms with Crippen LogP contribution in [0.5, 0.6) is 11.5 Å². The topological polar surface area (TPSA) is 44.8 Å². The minimum absolute atomic E-state index is 0.0736. The number of rotatable bonds is 5. The number of amides is 1. The summed E-state index contributed by atoms with van der Waals surface area (Å²) < 4.78 is 6.51. The number of anilines is 3. The number of thioether (sulfide) groups is 1. The summed E-state index contributed by atoms with van der Waals surface area (Å²) in [5.41, 5.74) is 5.14. The van der Waals surface area contributed by atoms with Gasteiger partial charge in [-0.15, -0.1) is 11.8 Å². The molecule has 2 saturated heterocycles. The highest BCUT2D eigenvalue weighted by atomic mass is 32.2. The number of hydrogen-bond donors (Lipinski definition) is 1. The summed E-state index contributed by atoms with van der Waals surface area (Å²) in [5, 5.41) is 5.98. The molecule has 1 N–H and O–H groups in total. The molecule has 4 heterocycles. The van der Waals surface area contributed by atoms with E-state index in [1.807, 2.05) is 36.0 Å². The van der Waals surface area contributed by atoms with Gasteiger partial charge in [-0.05, 0) is 73.4 Å². The van der Waals surface area contributed by atoms with Crippen molar-refractivity contribution in [2.45, 2.75) is 62.4 Å². The Bertz CT molecular complexity index is 1380. The first-order valence-electron chi connectivity index (χ1n) is 13.8. The first-order chi connectivity index (χ1) is 18.6. The maximum absolute atomic E-state index is 11.8. The van der Waals surface area contributed by atoms with Crippen LogP contribution in [0.15, 0.2) is 78.2 Å². The Morgan fingerprint density at radius 2 is 1.71 bits per heavy atom. The summed E-state index contributed by atoms with van der Waals surface area (Å²) in [5.74, 6) is 1.72. The molecule has 4 aliphatic rings. The van der Waals surface area contributed by atoms with Gasteiger partial charge in [-0.3, -0.25) is 9.69 Å². The minimum atomic E-state index is -0.0736. The number of allylic oxidation sites excluding steroid dienone is 1. The predicted molar refractivity (Wildman–Crippen MR) is 157 cm³/mol. The molecular formula is C32H33N3O2S. The van der Waals surface area contributed by atoms with E-state index in [9.17, 15) is 4.79 Å². The summed E-state index contributed by atoms with van der Waals surface area (Å²) in [6.45, 7) is 2.76. The Morgan fingerprint density at radius 3 is 2.50 bits per heavy atom. The zero-order valence-electron chi connectivity index (χ0n) is 21.7. The van der Waals surface area contributed by atoms with Crippen molar-refractivity contribution in [3.05, 3.63) is 78.2 Å². The first kappa shape index (κ1) is 23.9. The highest BCUT2D eigenvalue weighted by molar-refractivity contribution is 8.03. The molecule has 1 amide bonds. The van der Waals surface area contributed by atoms with Crippen molar-refractivity contribution in [1.82, 2.24) is 4.90 Å². The van der Waals surface area contributed by atoms with Crippen LogP contribution in [0.25, 0.3) is 11.1 Å². The monoisotopic (exact) mass is 523 g/mol. The van der Waals surface area contributed by atoms with Crippen molar-refractivity contribution in [2.75, 3.05) is 16.8 Å². The molecule has 0 spiro atoms. The van der Waals surface area contributed by atoms with E-state index in [0.29, 0.717) is 18.1 Å². The second kappa shape index (κ2) is 9.83. The number of carbonyl (C=O) groups is 1. The third kappa shape index (κ3) is 4.30. The molecule has 0 aromatic heterocycles. The van der Waals surface area contributed by atoms with Crippen molar-refractivity contribution < 1.29 is 9.53 Å². The summed E-state index contributed by atoms with van der Waals surface area (Å²) in [6.07, 6.45) is 8.52. The molecule has 5 nitrogen and oxygen atoms in total. The molecule has 4 atom stereocenters. The van der Waals surface area contributed by atoms with Gasteiger partial charge in [-0.2, -0.15) is 0 Å². The van der Waals surface area contributed by atoms with Gasteiger partial charge in [-0.1, -0.05) is 42.5 Å². The Labute approximate surface area is 228 Å². The lowest BCUT2D eigenvalue weighted by atomic mass is 9.93. The molecule has 3 aromatic rings. The van der Waals surface area contributed by atoms with Gasteiger partial charge < -0.3 is 15.0 Å². The SMILES string of the molecule is CC(=O)Nc1ccccc1-c1ccc2c(c1)Oc1ccccc1N2[C@H]1C[C@H]2CC[C@@H](C1)N2CC1CC=CS1. The average molecular weight is 524 g/mol. The molecule has 0 saturated carbocycles. The molecule has 2 fully saturated rings. The lowest BCUT2D eigenvalue weighted by Crippen LogP contribution is -2.51. The number of fused-ring (bicyclic) bond motifs is 4. The fraction of sp³-hybridized carbons (Fsp3) is 0.344. The third-order valence-corrected chi connectivity index (χ3v) is 9.59. The van der Waals surface area contributed by atoms with Crippen LogP contribution in [0, 0.1) is 0 Å². The van der Waals surface area contributed by atoms with E-state index >= 15 is 0 Å². The normalized spacial score (nSPS) is 25.6. The Kier molecular flexibility index (Phi) is 6.17. The largest absolute Gasteiger partial charge is 0.453 e. The van der Waals surface area contributed by atoms with Gasteiger partial charge in [0.05, 0.1) is 11.4 Å². The van der Waals surface area contributed by atoms with Crippen LogP contribution in [0.2, 0.25) is 0 Å². The molecule has 1 unspecified atom stereocenters. The van der Waals surface area contributed by atoms with Gasteiger partial charge >= 0.3 is 0 Å². The van der Waals surface area contributed by atoms with Gasteiger partial charge in [0, 0.05) is 48.1 Å². The maximum atomic E-state index is 11.8. The van der Waals surface area contributed by atoms with Gasteiger partial charge in [0.2, 0.25) is 5.91 Å². The summed E-state index contributed by atoms with van der Waals surface area (Å²) in [6, 6.07) is 24.7. The van der Waals surface area contributed by atoms with E-state index < -0.39 is 0 Å². The van der Waals surface area contributed by atoms with Crippen LogP contribution < -0.4 is 15.0 Å². The molecular weight excluding hydrogens is 490 g/mol. The number of benzene rings is 3. The number of piperidine rings is 1. The minimum Gasteiger partial charge on any atom is -0.453 e. The van der Waals surface area contributed by atoms with Crippen molar-refractivity contribution in [1.29, 1.82) is 0 Å². The van der Waals surface area contributed by atoms with E-state index in [4.69, 9.17) is 4.74 Å². The first-order valence-corrected chi connectivity index (χ1v) is 14.7. The molecule has 2 bridgehead atoms. The van der Waals surface area contributed by atoms with E-state index in [1.54, 1.807) is 6.92 Å². The van der Waals surface area contributed by atoms with Crippen molar-refractivity contribution in [2.24, 2.45) is 0 Å². The van der Waals surface area contributed by atoms with E-state index in [0.717, 1.165) is 39.3 Å². The van der Waals surface area contributed by atoms with Gasteiger partial charge in [-0.25, -0.2) is 0 Å². The van der Waals surface area contributed by atoms with Gasteiger partial charge in [0.25, 0.3) is 0 Å². The van der Waals surface area contributed by atoms with Gasteiger partial charge in [0.1, 0.15) is 0 Å². The zero-order chi connectivity index (χ0) is 25.6. The van der Waals surface area contributed by atoms with E-state index in [1.165, 1.54) is 44.3 Å². The standard InChI is InChI=1S/C32H33N3O2S/c1-21(36)33-28-9-3-2-8-27(28)22-12-15-30-32(17-22)37-31-11-5-4-10-29(31)35(30)25-18-23-13-14-24(19-25)34(23)20-26-7-6-16-38-26/h2-6,8-12,15-17,23-26H,7,13-14,18-20H2,1H3,(H,33,36)/t23-,24+,25+,26?. The predicted octanol–water partition coefficient (Wildman–Crippen LogP) is 7.57.